The number of hydrogen-bond donors (Lipinski definition) is 0. The summed E-state index contributed by atoms with van der Waals surface area (Å²) in [5.41, 5.74) is 8.13. The van der Waals surface area contributed by atoms with Crippen molar-refractivity contribution in [2.75, 3.05) is 4.90 Å². The van der Waals surface area contributed by atoms with Crippen LogP contribution in [0, 0.1) is 0 Å². The number of aromatic nitrogens is 1. The van der Waals surface area contributed by atoms with Gasteiger partial charge in [0.15, 0.2) is 0 Å². The van der Waals surface area contributed by atoms with E-state index in [-0.39, 0.29) is 0 Å². The average molecular weight is 555 g/mol. The summed E-state index contributed by atoms with van der Waals surface area (Å²) >= 11 is 1.83. The minimum absolute atomic E-state index is 1.08. The smallest absolute Gasteiger partial charge is 0.0824 e. The molecule has 8 rings (SSSR count). The first-order valence-corrected chi connectivity index (χ1v) is 14.9. The van der Waals surface area contributed by atoms with Gasteiger partial charge in [-0.25, -0.2) is 0 Å². The maximum Gasteiger partial charge on any atom is 0.0824 e. The summed E-state index contributed by atoms with van der Waals surface area (Å²) in [6, 6.07) is 52.1. The molecule has 0 aliphatic rings. The normalized spacial score (nSPS) is 11.3. The van der Waals surface area contributed by atoms with E-state index in [0.29, 0.717) is 0 Å². The van der Waals surface area contributed by atoms with Gasteiger partial charge < -0.3 is 4.90 Å². The topological polar surface area (TPSA) is 16.1 Å². The van der Waals surface area contributed by atoms with Gasteiger partial charge >= 0.3 is 0 Å². The fourth-order valence-electron chi connectivity index (χ4n) is 5.83. The van der Waals surface area contributed by atoms with Crippen LogP contribution in [0.25, 0.3) is 53.2 Å². The molecule has 0 unspecified atom stereocenters. The summed E-state index contributed by atoms with van der Waals surface area (Å²) in [7, 11) is 0. The van der Waals surface area contributed by atoms with Crippen LogP contribution in [0.4, 0.5) is 17.1 Å². The number of thiophene rings is 1. The molecular weight excluding hydrogens is 529 g/mol. The van der Waals surface area contributed by atoms with E-state index in [0.717, 1.165) is 17.1 Å². The number of nitrogens with zero attached hydrogens (tertiary/aromatic N) is 2. The Balaban J connectivity index is 1.32. The Labute approximate surface area is 248 Å². The van der Waals surface area contributed by atoms with Crippen LogP contribution in [-0.4, -0.2) is 4.98 Å². The van der Waals surface area contributed by atoms with Crippen molar-refractivity contribution in [1.82, 2.24) is 4.98 Å². The summed E-state index contributed by atoms with van der Waals surface area (Å²) in [5, 5.41) is 4.86. The van der Waals surface area contributed by atoms with Gasteiger partial charge in [-0.2, -0.15) is 0 Å². The lowest BCUT2D eigenvalue weighted by Crippen LogP contribution is -2.10. The van der Waals surface area contributed by atoms with Gasteiger partial charge in [0.05, 0.1) is 16.6 Å². The Morgan fingerprint density at radius 1 is 0.452 bits per heavy atom. The van der Waals surface area contributed by atoms with Gasteiger partial charge in [0, 0.05) is 33.0 Å². The lowest BCUT2D eigenvalue weighted by Gasteiger charge is -2.26. The van der Waals surface area contributed by atoms with Gasteiger partial charge in [-0.3, -0.25) is 4.98 Å². The SMILES string of the molecule is c1ccc(-c2ccc(N(c3ccc4ccc(-c5ccccc5)cc4c3)c3cncc4c3sc3ccccc34)cc2)cc1. The van der Waals surface area contributed by atoms with Crippen molar-refractivity contribution in [3.8, 4) is 22.3 Å². The first-order valence-electron chi connectivity index (χ1n) is 14.1. The summed E-state index contributed by atoms with van der Waals surface area (Å²) in [6.45, 7) is 0. The highest BCUT2D eigenvalue weighted by Gasteiger charge is 2.19. The highest BCUT2D eigenvalue weighted by molar-refractivity contribution is 7.26. The van der Waals surface area contributed by atoms with Crippen molar-refractivity contribution in [1.29, 1.82) is 0 Å². The molecule has 0 saturated heterocycles. The molecule has 2 aromatic heterocycles. The van der Waals surface area contributed by atoms with Gasteiger partial charge in [-0.15, -0.1) is 11.3 Å². The molecule has 2 heterocycles. The van der Waals surface area contributed by atoms with Crippen LogP contribution in [0.3, 0.4) is 0 Å². The minimum atomic E-state index is 1.08. The number of fused-ring (bicyclic) bond motifs is 4. The summed E-state index contributed by atoms with van der Waals surface area (Å²) in [4.78, 5) is 7.11. The monoisotopic (exact) mass is 554 g/mol. The quantitative estimate of drug-likeness (QED) is 0.210. The molecule has 3 heteroatoms. The summed E-state index contributed by atoms with van der Waals surface area (Å²) < 4.78 is 2.50. The number of rotatable bonds is 5. The zero-order chi connectivity index (χ0) is 27.9. The number of benzene rings is 6. The Kier molecular flexibility index (Phi) is 6.02. The van der Waals surface area contributed by atoms with E-state index < -0.39 is 0 Å². The Morgan fingerprint density at radius 2 is 1.07 bits per heavy atom. The fraction of sp³-hybridized carbons (Fsp3) is 0. The van der Waals surface area contributed by atoms with Gasteiger partial charge in [-0.1, -0.05) is 109 Å². The minimum Gasteiger partial charge on any atom is -0.308 e. The molecule has 198 valence electrons. The lowest BCUT2D eigenvalue weighted by molar-refractivity contribution is 1.26. The van der Waals surface area contributed by atoms with Crippen molar-refractivity contribution in [3.63, 3.8) is 0 Å². The molecule has 0 radical (unpaired) electrons. The average Bonchev–Trinajstić information content (AvgIpc) is 3.45. The van der Waals surface area contributed by atoms with E-state index in [1.54, 1.807) is 0 Å². The van der Waals surface area contributed by atoms with Crippen LogP contribution in [0.2, 0.25) is 0 Å². The molecular formula is C39H26N2S. The molecule has 0 saturated carbocycles. The molecule has 0 fully saturated rings. The van der Waals surface area contributed by atoms with Crippen LogP contribution in [0.5, 0.6) is 0 Å². The third-order valence-electron chi connectivity index (χ3n) is 7.93. The first-order chi connectivity index (χ1) is 20.8. The van der Waals surface area contributed by atoms with Gasteiger partial charge in [0.25, 0.3) is 0 Å². The molecule has 0 atom stereocenters. The first kappa shape index (κ1) is 24.5. The maximum absolute atomic E-state index is 4.75. The third-order valence-corrected chi connectivity index (χ3v) is 9.14. The van der Waals surface area contributed by atoms with Gasteiger partial charge in [-0.05, 0) is 69.4 Å². The van der Waals surface area contributed by atoms with E-state index >= 15 is 0 Å². The highest BCUT2D eigenvalue weighted by Crippen LogP contribution is 2.45. The fourth-order valence-corrected chi connectivity index (χ4v) is 7.00. The molecule has 6 aromatic carbocycles. The van der Waals surface area contributed by atoms with Crippen LogP contribution >= 0.6 is 11.3 Å². The van der Waals surface area contributed by atoms with E-state index in [4.69, 9.17) is 4.98 Å². The zero-order valence-corrected chi connectivity index (χ0v) is 23.6. The van der Waals surface area contributed by atoms with Crippen LogP contribution in [-0.2, 0) is 0 Å². The number of anilines is 3. The molecule has 0 aliphatic carbocycles. The van der Waals surface area contributed by atoms with E-state index in [9.17, 15) is 0 Å². The number of pyridine rings is 1. The molecule has 0 spiro atoms. The largest absolute Gasteiger partial charge is 0.308 e. The van der Waals surface area contributed by atoms with Gasteiger partial charge in [0.2, 0.25) is 0 Å². The molecule has 42 heavy (non-hydrogen) atoms. The lowest BCUT2D eigenvalue weighted by atomic mass is 10.0. The second kappa shape index (κ2) is 10.3. The third kappa shape index (κ3) is 4.32. The molecule has 0 aliphatic heterocycles. The Hall–Kier alpha value is -5.25. The second-order valence-electron chi connectivity index (χ2n) is 10.5. The molecule has 2 nitrogen and oxygen atoms in total. The zero-order valence-electron chi connectivity index (χ0n) is 22.8. The van der Waals surface area contributed by atoms with E-state index in [1.807, 2.05) is 23.7 Å². The van der Waals surface area contributed by atoms with Gasteiger partial charge in [0.1, 0.15) is 0 Å². The number of hydrogen-bond acceptors (Lipinski definition) is 3. The Bertz CT molecular complexity index is 2180. The molecule has 0 bridgehead atoms. The molecule has 0 amide bonds. The second-order valence-corrected chi connectivity index (χ2v) is 11.5. The van der Waals surface area contributed by atoms with Crippen molar-refractivity contribution >= 4 is 59.3 Å². The van der Waals surface area contributed by atoms with E-state index in [1.165, 1.54) is 53.2 Å². The van der Waals surface area contributed by atoms with Crippen molar-refractivity contribution in [3.05, 3.63) is 158 Å². The molecule has 0 N–H and O–H groups in total. The standard InChI is InChI=1S/C39H26N2S/c1-3-9-27(10-4-1)29-17-20-33(21-18-29)41(37-26-40-25-36-35-13-7-8-14-38(35)42-39(36)37)34-22-19-30-15-16-31(23-32(30)24-34)28-11-5-2-6-12-28/h1-26H. The predicted octanol–water partition coefficient (Wildman–Crippen LogP) is 11.4. The summed E-state index contributed by atoms with van der Waals surface area (Å²) in [5.74, 6) is 0. The van der Waals surface area contributed by atoms with Crippen LogP contribution in [0.1, 0.15) is 0 Å². The highest BCUT2D eigenvalue weighted by atomic mass is 32.1. The maximum atomic E-state index is 4.75. The predicted molar refractivity (Wildman–Crippen MR) is 180 cm³/mol. The summed E-state index contributed by atoms with van der Waals surface area (Å²) in [6.07, 6.45) is 4.01. The van der Waals surface area contributed by atoms with Crippen LogP contribution < -0.4 is 4.90 Å². The van der Waals surface area contributed by atoms with Crippen molar-refractivity contribution < 1.29 is 0 Å². The van der Waals surface area contributed by atoms with E-state index in [2.05, 4.69) is 150 Å². The van der Waals surface area contributed by atoms with Crippen LogP contribution in [0.15, 0.2) is 158 Å². The molecule has 8 aromatic rings. The Morgan fingerprint density at radius 3 is 1.86 bits per heavy atom. The van der Waals surface area contributed by atoms with Crippen molar-refractivity contribution in [2.24, 2.45) is 0 Å². The van der Waals surface area contributed by atoms with Crippen molar-refractivity contribution in [2.45, 2.75) is 0 Å².